The zero-order chi connectivity index (χ0) is 35.4. The molecule has 1 heterocycles. The summed E-state index contributed by atoms with van der Waals surface area (Å²) in [6, 6.07) is 0. The first-order valence-electron chi connectivity index (χ1n) is 17.8. The number of aliphatic hydroxyl groups excluding tert-OH is 8. The van der Waals surface area contributed by atoms with Crippen molar-refractivity contribution in [2.45, 2.75) is 135 Å². The molecule has 0 spiro atoms. The minimum absolute atomic E-state index is 0.0565. The smallest absolute Gasteiger partial charge is 0.312 e. The molecule has 0 amide bonds. The van der Waals surface area contributed by atoms with Crippen molar-refractivity contribution < 1.29 is 60.2 Å². The van der Waals surface area contributed by atoms with Gasteiger partial charge in [-0.1, -0.05) is 46.3 Å². The number of rotatable bonds is 6. The molecule has 12 heteroatoms. The van der Waals surface area contributed by atoms with Gasteiger partial charge in [-0.15, -0.1) is 0 Å². The lowest BCUT2D eigenvalue weighted by molar-refractivity contribution is -0.349. The molecule has 0 aromatic rings. The fraction of sp³-hybridized carbons (Fsp3) is 0.917. The van der Waals surface area contributed by atoms with Crippen molar-refractivity contribution in [3.63, 3.8) is 0 Å². The summed E-state index contributed by atoms with van der Waals surface area (Å²) in [6.45, 7) is 9.13. The van der Waals surface area contributed by atoms with Crippen LogP contribution in [0.3, 0.4) is 0 Å². The van der Waals surface area contributed by atoms with Crippen LogP contribution in [0, 0.1) is 50.2 Å². The van der Waals surface area contributed by atoms with Gasteiger partial charge in [0, 0.05) is 5.41 Å². The third kappa shape index (κ3) is 4.73. The van der Waals surface area contributed by atoms with Crippen molar-refractivity contribution in [3.05, 3.63) is 11.6 Å². The number of carbonyl (C=O) groups is 1. The minimum Gasteiger partial charge on any atom is -0.481 e. The predicted octanol–water partition coefficient (Wildman–Crippen LogP) is 0.944. The normalized spacial score (nSPS) is 52.6. The van der Waals surface area contributed by atoms with Crippen molar-refractivity contribution >= 4 is 5.97 Å². The van der Waals surface area contributed by atoms with E-state index in [1.165, 1.54) is 0 Å². The maximum Gasteiger partial charge on any atom is 0.312 e. The van der Waals surface area contributed by atoms with Crippen LogP contribution >= 0.6 is 0 Å². The molecule has 0 unspecified atom stereocenters. The molecule has 0 aromatic carbocycles. The van der Waals surface area contributed by atoms with Crippen molar-refractivity contribution in [2.24, 2.45) is 50.2 Å². The third-order valence-corrected chi connectivity index (χ3v) is 15.3. The Morgan fingerprint density at radius 2 is 1.54 bits per heavy atom. The molecule has 274 valence electrons. The fourth-order valence-corrected chi connectivity index (χ4v) is 12.5. The summed E-state index contributed by atoms with van der Waals surface area (Å²) >= 11 is 0. The predicted molar refractivity (Wildman–Crippen MR) is 171 cm³/mol. The number of carboxylic acid groups (broad SMARTS) is 1. The van der Waals surface area contributed by atoms with Crippen LogP contribution < -0.4 is 0 Å². The van der Waals surface area contributed by atoms with Gasteiger partial charge in [-0.3, -0.25) is 4.79 Å². The number of hydrogen-bond donors (Lipinski definition) is 9. The maximum atomic E-state index is 13.0. The number of aliphatic hydroxyl groups is 8. The summed E-state index contributed by atoms with van der Waals surface area (Å²) in [5.74, 6) is -1.65. The fourth-order valence-electron chi connectivity index (χ4n) is 12.5. The number of allylic oxidation sites excluding steroid dienone is 2. The monoisotopic (exact) mass is 682 g/mol. The Morgan fingerprint density at radius 3 is 2.15 bits per heavy atom. The third-order valence-electron chi connectivity index (χ3n) is 15.3. The highest BCUT2D eigenvalue weighted by Gasteiger charge is 2.73. The summed E-state index contributed by atoms with van der Waals surface area (Å²) in [5, 5.41) is 97.7. The molecule has 1 aliphatic heterocycles. The van der Waals surface area contributed by atoms with Gasteiger partial charge in [-0.25, -0.2) is 0 Å². The Balaban J connectivity index is 1.38. The maximum absolute atomic E-state index is 13.0. The Hall–Kier alpha value is -1.19. The average molecular weight is 683 g/mol. The van der Waals surface area contributed by atoms with Crippen molar-refractivity contribution in [1.82, 2.24) is 0 Å². The van der Waals surface area contributed by atoms with Gasteiger partial charge >= 0.3 is 5.97 Å². The molecular weight excluding hydrogens is 624 g/mol. The molecular formula is C36H58O12. The van der Waals surface area contributed by atoms with E-state index in [4.69, 9.17) is 9.47 Å². The standard InChI is InChI=1S/C36H58O12/c1-31(2)10-11-36(30(45)46)19(12-31)18-6-7-22-32(3)13-20(40)28(48-29-27(44)26(43)25(42)21(15-37)47-29)35(16-38,17-39)23(32)8-9-33(22,4)34(18,5)14-24(36)41/h6,19-29,37-44H,7-17H2,1-5H3,(H,45,46)/t19-,20+,21-,22+,23-,24-,25-,26+,27-,28-,29+,32-,33-,34-,36+/m1/s1. The molecule has 15 atom stereocenters. The molecule has 6 aliphatic rings. The Bertz CT molecular complexity index is 1280. The van der Waals surface area contributed by atoms with E-state index in [1.54, 1.807) is 0 Å². The molecule has 5 aliphatic carbocycles. The van der Waals surface area contributed by atoms with Crippen molar-refractivity contribution in [1.29, 1.82) is 0 Å². The van der Waals surface area contributed by atoms with Gasteiger partial charge in [0.15, 0.2) is 6.29 Å². The van der Waals surface area contributed by atoms with Gasteiger partial charge in [-0.05, 0) is 90.8 Å². The molecule has 0 radical (unpaired) electrons. The van der Waals surface area contributed by atoms with Crippen molar-refractivity contribution in [3.8, 4) is 0 Å². The number of ether oxygens (including phenoxy) is 2. The molecule has 48 heavy (non-hydrogen) atoms. The second-order valence-corrected chi connectivity index (χ2v) is 17.9. The van der Waals surface area contributed by atoms with Gasteiger partial charge in [0.1, 0.15) is 29.8 Å². The molecule has 0 aromatic heterocycles. The largest absolute Gasteiger partial charge is 0.481 e. The SMILES string of the molecule is CC1(C)CC[C@@]2(C(=O)O)[C@H](O)C[C@]3(C)C(=CC[C@H]4[C@@]5(C)C[C@H](O)[C@@H](O[C@@H]6O[C@H](CO)[C@@H](O)[C@H](O)[C@H]6O)C(CO)(CO)[C@@H]5CC[C@]43C)[C@H]2C1. The quantitative estimate of drug-likeness (QED) is 0.141. The lowest BCUT2D eigenvalue weighted by Gasteiger charge is -2.72. The molecule has 1 saturated heterocycles. The van der Waals surface area contributed by atoms with Crippen LogP contribution in [-0.2, 0) is 14.3 Å². The van der Waals surface area contributed by atoms with E-state index < -0.39 is 102 Å². The lowest BCUT2D eigenvalue weighted by atomic mass is 9.33. The summed E-state index contributed by atoms with van der Waals surface area (Å²) in [5.41, 5.74) is -3.13. The lowest BCUT2D eigenvalue weighted by Crippen LogP contribution is -2.71. The highest BCUT2D eigenvalue weighted by Crippen LogP contribution is 2.76. The first-order valence-corrected chi connectivity index (χ1v) is 17.8. The van der Waals surface area contributed by atoms with Crippen LogP contribution in [0.4, 0.5) is 0 Å². The number of aliphatic carboxylic acids is 1. The zero-order valence-electron chi connectivity index (χ0n) is 29.0. The highest BCUT2D eigenvalue weighted by molar-refractivity contribution is 5.77. The van der Waals surface area contributed by atoms with Gasteiger partial charge in [-0.2, -0.15) is 0 Å². The molecule has 5 fully saturated rings. The van der Waals surface area contributed by atoms with Crippen LogP contribution in [0.25, 0.3) is 0 Å². The zero-order valence-corrected chi connectivity index (χ0v) is 29.0. The van der Waals surface area contributed by atoms with Gasteiger partial charge < -0.3 is 55.4 Å². The Morgan fingerprint density at radius 1 is 0.875 bits per heavy atom. The van der Waals surface area contributed by atoms with Crippen LogP contribution in [-0.4, -0.2) is 121 Å². The molecule has 12 nitrogen and oxygen atoms in total. The Labute approximate surface area is 282 Å². The van der Waals surface area contributed by atoms with Gasteiger partial charge in [0.2, 0.25) is 0 Å². The molecule has 0 bridgehead atoms. The van der Waals surface area contributed by atoms with E-state index in [9.17, 15) is 50.8 Å². The molecule has 4 saturated carbocycles. The van der Waals surface area contributed by atoms with Crippen molar-refractivity contribution in [2.75, 3.05) is 19.8 Å². The van der Waals surface area contributed by atoms with Crippen LogP contribution in [0.5, 0.6) is 0 Å². The second kappa shape index (κ2) is 11.9. The molecule has 6 rings (SSSR count). The average Bonchev–Trinajstić information content (AvgIpc) is 3.01. The second-order valence-electron chi connectivity index (χ2n) is 17.9. The van der Waals surface area contributed by atoms with E-state index in [0.29, 0.717) is 38.5 Å². The topological polar surface area (TPSA) is 218 Å². The minimum atomic E-state index is -1.71. The summed E-state index contributed by atoms with van der Waals surface area (Å²) in [4.78, 5) is 13.0. The first-order chi connectivity index (χ1) is 22.3. The van der Waals surface area contributed by atoms with E-state index in [0.717, 1.165) is 12.0 Å². The van der Waals surface area contributed by atoms with Crippen LogP contribution in [0.2, 0.25) is 0 Å². The summed E-state index contributed by atoms with van der Waals surface area (Å²) in [6.07, 6.45) is -4.81. The van der Waals surface area contributed by atoms with E-state index in [2.05, 4.69) is 40.7 Å². The van der Waals surface area contributed by atoms with Gasteiger partial charge in [0.25, 0.3) is 0 Å². The number of fused-ring (bicyclic) bond motifs is 7. The number of hydrogen-bond acceptors (Lipinski definition) is 11. The highest BCUT2D eigenvalue weighted by atomic mass is 16.7. The van der Waals surface area contributed by atoms with E-state index in [-0.39, 0.29) is 29.6 Å². The summed E-state index contributed by atoms with van der Waals surface area (Å²) in [7, 11) is 0. The van der Waals surface area contributed by atoms with Crippen LogP contribution in [0.1, 0.15) is 86.0 Å². The van der Waals surface area contributed by atoms with E-state index >= 15 is 0 Å². The molecule has 9 N–H and O–H groups in total. The Kier molecular flexibility index (Phi) is 9.10. The first kappa shape index (κ1) is 36.6. The van der Waals surface area contributed by atoms with Gasteiger partial charge in [0.05, 0.1) is 38.1 Å². The number of carboxylic acids is 1. The van der Waals surface area contributed by atoms with Crippen LogP contribution in [0.15, 0.2) is 11.6 Å². The summed E-state index contributed by atoms with van der Waals surface area (Å²) < 4.78 is 11.8. The van der Waals surface area contributed by atoms with E-state index in [1.807, 2.05) is 0 Å².